The van der Waals surface area contributed by atoms with Crippen molar-refractivity contribution in [1.29, 1.82) is 0 Å². The van der Waals surface area contributed by atoms with E-state index in [2.05, 4.69) is 20.3 Å². The molecule has 25 heavy (non-hydrogen) atoms. The molecule has 1 aromatic carbocycles. The highest BCUT2D eigenvalue weighted by molar-refractivity contribution is 5.52. The van der Waals surface area contributed by atoms with E-state index in [-0.39, 0.29) is 11.4 Å². The van der Waals surface area contributed by atoms with E-state index in [1.165, 1.54) is 12.1 Å². The zero-order chi connectivity index (χ0) is 18.3. The van der Waals surface area contributed by atoms with Crippen LogP contribution in [-0.2, 0) is 9.53 Å². The van der Waals surface area contributed by atoms with E-state index in [1.54, 1.807) is 12.1 Å². The topological polar surface area (TPSA) is 77.2 Å². The van der Waals surface area contributed by atoms with Gasteiger partial charge in [0.05, 0.1) is 0 Å². The second-order valence-corrected chi connectivity index (χ2v) is 6.80. The summed E-state index contributed by atoms with van der Waals surface area (Å²) in [5.41, 5.74) is 0.436. The highest BCUT2D eigenvalue weighted by Crippen LogP contribution is 2.27. The van der Waals surface area contributed by atoms with Crippen LogP contribution >= 0.6 is 0 Å². The van der Waals surface area contributed by atoms with Gasteiger partial charge in [0, 0.05) is 11.5 Å². The number of nitrogens with zero attached hydrogens (tertiary/aromatic N) is 2. The van der Waals surface area contributed by atoms with Gasteiger partial charge in [-0.15, -0.1) is 10.2 Å². The molecule has 0 radical (unpaired) electrons. The molecular formula is C18H24FN3O3. The third kappa shape index (κ3) is 6.26. The summed E-state index contributed by atoms with van der Waals surface area (Å²) in [4.78, 5) is 9.60. The molecule has 0 unspecified atom stereocenters. The molecule has 1 N–H and O–H groups in total. The number of carbonyl (C=O) groups excluding carboxylic acids is 1. The molecule has 0 amide bonds. The molecule has 7 heteroatoms. The first-order valence-electron chi connectivity index (χ1n) is 8.30. The SMILES string of the molecule is CC(C)(C)OC=O.Fc1ccc(-c2nnc(C3CCNCC3)o2)cc1. The number of aromatic nitrogens is 2. The molecule has 136 valence electrons. The third-order valence-electron chi connectivity index (χ3n) is 3.62. The zero-order valence-electron chi connectivity index (χ0n) is 14.8. The summed E-state index contributed by atoms with van der Waals surface area (Å²) in [6.45, 7) is 7.89. The van der Waals surface area contributed by atoms with Gasteiger partial charge in [-0.1, -0.05) is 0 Å². The van der Waals surface area contributed by atoms with Crippen LogP contribution in [0.25, 0.3) is 11.5 Å². The predicted molar refractivity (Wildman–Crippen MR) is 91.4 cm³/mol. The number of hydrogen-bond donors (Lipinski definition) is 1. The normalized spacial score (nSPS) is 15.2. The van der Waals surface area contributed by atoms with E-state index in [0.717, 1.165) is 31.5 Å². The summed E-state index contributed by atoms with van der Waals surface area (Å²) >= 11 is 0. The Kier molecular flexibility index (Phi) is 6.64. The molecule has 0 atom stereocenters. The minimum Gasteiger partial charge on any atom is -0.462 e. The van der Waals surface area contributed by atoms with Crippen LogP contribution in [0.2, 0.25) is 0 Å². The van der Waals surface area contributed by atoms with Crippen LogP contribution < -0.4 is 5.32 Å². The lowest BCUT2D eigenvalue weighted by Crippen LogP contribution is -2.26. The minimum atomic E-state index is -0.318. The number of ether oxygens (including phenoxy) is 1. The fourth-order valence-corrected chi connectivity index (χ4v) is 2.32. The van der Waals surface area contributed by atoms with Crippen molar-refractivity contribution in [3.05, 3.63) is 36.0 Å². The first-order valence-corrected chi connectivity index (χ1v) is 8.30. The Morgan fingerprint density at radius 2 is 1.84 bits per heavy atom. The van der Waals surface area contributed by atoms with Crippen molar-refractivity contribution in [2.45, 2.75) is 45.1 Å². The van der Waals surface area contributed by atoms with Crippen molar-refractivity contribution in [2.24, 2.45) is 0 Å². The summed E-state index contributed by atoms with van der Waals surface area (Å²) in [6, 6.07) is 6.08. The van der Waals surface area contributed by atoms with Crippen LogP contribution in [0.3, 0.4) is 0 Å². The summed E-state index contributed by atoms with van der Waals surface area (Å²) in [7, 11) is 0. The van der Waals surface area contributed by atoms with Gasteiger partial charge in [-0.2, -0.15) is 0 Å². The van der Waals surface area contributed by atoms with Crippen molar-refractivity contribution in [3.8, 4) is 11.5 Å². The summed E-state index contributed by atoms with van der Waals surface area (Å²) in [6.07, 6.45) is 2.04. The van der Waals surface area contributed by atoms with Gasteiger partial charge in [-0.05, 0) is 71.0 Å². The monoisotopic (exact) mass is 349 g/mol. The Labute approximate surface area is 146 Å². The first kappa shape index (κ1) is 19.1. The van der Waals surface area contributed by atoms with Gasteiger partial charge >= 0.3 is 0 Å². The van der Waals surface area contributed by atoms with E-state index < -0.39 is 0 Å². The molecule has 1 saturated heterocycles. The Bertz CT molecular complexity index is 659. The van der Waals surface area contributed by atoms with Gasteiger partial charge in [0.2, 0.25) is 11.8 Å². The van der Waals surface area contributed by atoms with E-state index in [1.807, 2.05) is 20.8 Å². The average molecular weight is 349 g/mol. The summed E-state index contributed by atoms with van der Waals surface area (Å²) < 4.78 is 23.1. The highest BCUT2D eigenvalue weighted by atomic mass is 19.1. The molecule has 1 aliphatic heterocycles. The lowest BCUT2D eigenvalue weighted by molar-refractivity contribution is -0.138. The maximum atomic E-state index is 12.8. The fraction of sp³-hybridized carbons (Fsp3) is 0.500. The van der Waals surface area contributed by atoms with E-state index in [4.69, 9.17) is 4.42 Å². The summed E-state index contributed by atoms with van der Waals surface area (Å²) in [5, 5.41) is 11.4. The van der Waals surface area contributed by atoms with Crippen LogP contribution in [0.15, 0.2) is 28.7 Å². The highest BCUT2D eigenvalue weighted by Gasteiger charge is 2.21. The van der Waals surface area contributed by atoms with Crippen molar-refractivity contribution in [3.63, 3.8) is 0 Å². The fourth-order valence-electron chi connectivity index (χ4n) is 2.32. The predicted octanol–water partition coefficient (Wildman–Crippen LogP) is 3.30. The maximum absolute atomic E-state index is 12.8. The standard InChI is InChI=1S/C13H14FN3O.C5H10O2/c14-11-3-1-9(2-4-11)12-16-17-13(18-12)10-5-7-15-8-6-10;1-5(2,3)7-4-6/h1-4,10,15H,5-8H2;4H,1-3H3. The smallest absolute Gasteiger partial charge is 0.293 e. The quantitative estimate of drug-likeness (QED) is 0.857. The Hall–Kier alpha value is -2.28. The number of benzene rings is 1. The van der Waals surface area contributed by atoms with Gasteiger partial charge < -0.3 is 14.5 Å². The van der Waals surface area contributed by atoms with E-state index in [9.17, 15) is 9.18 Å². The second kappa shape index (κ2) is 8.71. The van der Waals surface area contributed by atoms with Gasteiger partial charge in [-0.3, -0.25) is 4.79 Å². The number of carbonyl (C=O) groups is 1. The van der Waals surface area contributed by atoms with Crippen molar-refractivity contribution >= 4 is 6.47 Å². The molecule has 0 spiro atoms. The van der Waals surface area contributed by atoms with Gasteiger partial charge in [0.25, 0.3) is 6.47 Å². The number of rotatable bonds is 3. The van der Waals surface area contributed by atoms with Crippen LogP contribution in [0.5, 0.6) is 0 Å². The Morgan fingerprint density at radius 1 is 1.20 bits per heavy atom. The molecule has 0 aliphatic carbocycles. The number of nitrogens with one attached hydrogen (secondary N) is 1. The van der Waals surface area contributed by atoms with E-state index >= 15 is 0 Å². The van der Waals surface area contributed by atoms with E-state index in [0.29, 0.717) is 24.2 Å². The van der Waals surface area contributed by atoms with Crippen LogP contribution in [0, 0.1) is 5.82 Å². The number of piperidine rings is 1. The van der Waals surface area contributed by atoms with Crippen LogP contribution in [0.1, 0.15) is 45.4 Å². The molecule has 0 saturated carbocycles. The second-order valence-electron chi connectivity index (χ2n) is 6.80. The summed E-state index contributed by atoms with van der Waals surface area (Å²) in [5.74, 6) is 1.23. The molecular weight excluding hydrogens is 325 g/mol. The maximum Gasteiger partial charge on any atom is 0.293 e. The Morgan fingerprint density at radius 3 is 2.36 bits per heavy atom. The van der Waals surface area contributed by atoms with Gasteiger partial charge in [-0.25, -0.2) is 4.39 Å². The van der Waals surface area contributed by atoms with Crippen molar-refractivity contribution in [2.75, 3.05) is 13.1 Å². The lowest BCUT2D eigenvalue weighted by atomic mass is 9.98. The van der Waals surface area contributed by atoms with Crippen LogP contribution in [0.4, 0.5) is 4.39 Å². The number of hydrogen-bond acceptors (Lipinski definition) is 6. The van der Waals surface area contributed by atoms with Gasteiger partial charge in [0.15, 0.2) is 0 Å². The molecule has 0 bridgehead atoms. The molecule has 1 aromatic heterocycles. The zero-order valence-corrected chi connectivity index (χ0v) is 14.8. The minimum absolute atomic E-state index is 0.267. The van der Waals surface area contributed by atoms with Gasteiger partial charge in [0.1, 0.15) is 11.4 Å². The average Bonchev–Trinajstić information content (AvgIpc) is 3.06. The lowest BCUT2D eigenvalue weighted by Gasteiger charge is -2.18. The molecule has 1 fully saturated rings. The molecule has 3 rings (SSSR count). The molecule has 1 aliphatic rings. The number of halogens is 1. The molecule has 6 nitrogen and oxygen atoms in total. The Balaban J connectivity index is 0.000000277. The largest absolute Gasteiger partial charge is 0.462 e. The third-order valence-corrected chi connectivity index (χ3v) is 3.62. The molecule has 2 aromatic rings. The van der Waals surface area contributed by atoms with Crippen molar-refractivity contribution in [1.82, 2.24) is 15.5 Å². The first-order chi connectivity index (χ1) is 11.9. The van der Waals surface area contributed by atoms with Crippen LogP contribution in [-0.4, -0.2) is 35.4 Å². The van der Waals surface area contributed by atoms with Crippen molar-refractivity contribution < 1.29 is 18.3 Å². The molecule has 2 heterocycles.